The first-order valence-corrected chi connectivity index (χ1v) is 7.96. The molecule has 0 atom stereocenters. The molecule has 0 unspecified atom stereocenters. The van der Waals surface area contributed by atoms with Gasteiger partial charge in [-0.25, -0.2) is 4.98 Å². The number of aromatic nitrogens is 1. The van der Waals surface area contributed by atoms with Gasteiger partial charge in [0.2, 0.25) is 5.82 Å². The summed E-state index contributed by atoms with van der Waals surface area (Å²) in [5.74, 6) is 1.44. The Bertz CT molecular complexity index is 418. The smallest absolute Gasteiger partial charge is 0.311 e. The van der Waals surface area contributed by atoms with Crippen LogP contribution < -0.4 is 5.32 Å². The molecule has 1 heterocycles. The molecule has 0 bridgehead atoms. The van der Waals surface area contributed by atoms with Crippen LogP contribution in [0.1, 0.15) is 25.7 Å². The van der Waals surface area contributed by atoms with E-state index in [1.807, 2.05) is 11.8 Å². The molecule has 0 aliphatic carbocycles. The van der Waals surface area contributed by atoms with Crippen molar-refractivity contribution >= 4 is 34.9 Å². The van der Waals surface area contributed by atoms with E-state index in [-0.39, 0.29) is 16.7 Å². The number of thioether (sulfide) groups is 1. The zero-order valence-electron chi connectivity index (χ0n) is 10.9. The lowest BCUT2D eigenvalue weighted by atomic mass is 10.2. The number of rotatable bonds is 9. The van der Waals surface area contributed by atoms with Crippen molar-refractivity contribution in [3.05, 3.63) is 27.4 Å². The molecule has 0 aromatic carbocycles. The molecule has 1 rings (SSSR count). The van der Waals surface area contributed by atoms with Crippen molar-refractivity contribution in [1.29, 1.82) is 0 Å². The summed E-state index contributed by atoms with van der Waals surface area (Å²) in [5.41, 5.74) is -0.0354. The van der Waals surface area contributed by atoms with Gasteiger partial charge in [0, 0.05) is 12.6 Å². The minimum absolute atomic E-state index is 0.0354. The lowest BCUT2D eigenvalue weighted by Crippen LogP contribution is -2.06. The molecule has 1 aromatic rings. The summed E-state index contributed by atoms with van der Waals surface area (Å²) >= 11 is 7.60. The maximum atomic E-state index is 10.8. The topological polar surface area (TPSA) is 68.1 Å². The van der Waals surface area contributed by atoms with Gasteiger partial charge in [-0.3, -0.25) is 10.1 Å². The second kappa shape index (κ2) is 8.98. The van der Waals surface area contributed by atoms with Crippen LogP contribution in [0.5, 0.6) is 0 Å². The molecule has 0 spiro atoms. The highest BCUT2D eigenvalue weighted by molar-refractivity contribution is 7.98. The van der Waals surface area contributed by atoms with Crippen LogP contribution in [0.15, 0.2) is 12.1 Å². The van der Waals surface area contributed by atoms with E-state index in [9.17, 15) is 10.1 Å². The average Bonchev–Trinajstić information content (AvgIpc) is 2.37. The quantitative estimate of drug-likeness (QED) is 0.323. The van der Waals surface area contributed by atoms with Gasteiger partial charge >= 0.3 is 5.69 Å². The van der Waals surface area contributed by atoms with Crippen LogP contribution >= 0.6 is 23.4 Å². The number of hydrogen-bond acceptors (Lipinski definition) is 5. The van der Waals surface area contributed by atoms with Crippen molar-refractivity contribution in [1.82, 2.24) is 4.98 Å². The Hall–Kier alpha value is -1.01. The molecule has 1 aromatic heterocycles. The van der Waals surface area contributed by atoms with E-state index in [1.165, 1.54) is 30.7 Å². The highest BCUT2D eigenvalue weighted by Gasteiger charge is 2.14. The van der Waals surface area contributed by atoms with Crippen molar-refractivity contribution in [2.24, 2.45) is 0 Å². The van der Waals surface area contributed by atoms with Gasteiger partial charge < -0.3 is 5.32 Å². The van der Waals surface area contributed by atoms with Crippen molar-refractivity contribution in [3.63, 3.8) is 0 Å². The van der Waals surface area contributed by atoms with E-state index < -0.39 is 4.92 Å². The molecule has 106 valence electrons. The maximum Gasteiger partial charge on any atom is 0.311 e. The van der Waals surface area contributed by atoms with Crippen molar-refractivity contribution in [2.45, 2.75) is 25.7 Å². The number of nitrogens with zero attached hydrogens (tertiary/aromatic N) is 2. The van der Waals surface area contributed by atoms with Gasteiger partial charge in [-0.05, 0) is 30.9 Å². The minimum atomic E-state index is -0.454. The third-order valence-electron chi connectivity index (χ3n) is 2.60. The number of anilines is 1. The minimum Gasteiger partial charge on any atom is -0.364 e. The van der Waals surface area contributed by atoms with E-state index in [4.69, 9.17) is 11.6 Å². The number of pyridine rings is 1. The van der Waals surface area contributed by atoms with Gasteiger partial charge in [0.15, 0.2) is 0 Å². The summed E-state index contributed by atoms with van der Waals surface area (Å²) in [7, 11) is 0. The van der Waals surface area contributed by atoms with Crippen LogP contribution in [0.25, 0.3) is 0 Å². The number of nitrogens with one attached hydrogen (secondary N) is 1. The zero-order chi connectivity index (χ0) is 14.1. The molecule has 19 heavy (non-hydrogen) atoms. The Morgan fingerprint density at radius 1 is 1.37 bits per heavy atom. The van der Waals surface area contributed by atoms with Gasteiger partial charge in [0.1, 0.15) is 5.15 Å². The summed E-state index contributed by atoms with van der Waals surface area (Å²) in [6.07, 6.45) is 6.59. The Morgan fingerprint density at radius 2 is 2.11 bits per heavy atom. The Kier molecular flexibility index (Phi) is 7.59. The number of nitro groups is 1. The maximum absolute atomic E-state index is 10.8. The summed E-state index contributed by atoms with van der Waals surface area (Å²) in [4.78, 5) is 14.3. The first kappa shape index (κ1) is 16.0. The van der Waals surface area contributed by atoms with E-state index in [0.29, 0.717) is 6.54 Å². The highest BCUT2D eigenvalue weighted by atomic mass is 35.5. The van der Waals surface area contributed by atoms with Gasteiger partial charge in [0.05, 0.1) is 4.92 Å². The largest absolute Gasteiger partial charge is 0.364 e. The molecular weight excluding hydrogens is 286 g/mol. The zero-order valence-corrected chi connectivity index (χ0v) is 12.5. The van der Waals surface area contributed by atoms with Crippen molar-refractivity contribution in [3.8, 4) is 0 Å². The van der Waals surface area contributed by atoms with Gasteiger partial charge in [0.25, 0.3) is 0 Å². The molecule has 0 amide bonds. The average molecular weight is 304 g/mol. The molecule has 5 nitrogen and oxygen atoms in total. The first-order valence-electron chi connectivity index (χ1n) is 6.19. The van der Waals surface area contributed by atoms with Crippen LogP contribution in [0, 0.1) is 10.1 Å². The molecule has 0 fully saturated rings. The van der Waals surface area contributed by atoms with E-state index in [1.54, 1.807) is 0 Å². The Morgan fingerprint density at radius 3 is 2.79 bits per heavy atom. The number of hydrogen-bond donors (Lipinski definition) is 1. The molecule has 1 N–H and O–H groups in total. The van der Waals surface area contributed by atoms with E-state index >= 15 is 0 Å². The fourth-order valence-electron chi connectivity index (χ4n) is 1.64. The Labute approximate surface area is 122 Å². The lowest BCUT2D eigenvalue weighted by molar-refractivity contribution is -0.384. The summed E-state index contributed by atoms with van der Waals surface area (Å²) in [6, 6.07) is 2.80. The molecule has 0 aliphatic rings. The lowest BCUT2D eigenvalue weighted by Gasteiger charge is -2.06. The first-order chi connectivity index (χ1) is 9.15. The number of unbranched alkanes of at least 4 members (excludes halogenated alkanes) is 3. The summed E-state index contributed by atoms with van der Waals surface area (Å²) in [5, 5.41) is 14.1. The molecule has 0 radical (unpaired) electrons. The molecule has 0 saturated carbocycles. The van der Waals surface area contributed by atoms with Gasteiger partial charge in [-0.2, -0.15) is 11.8 Å². The normalized spacial score (nSPS) is 10.4. The van der Waals surface area contributed by atoms with Crippen LogP contribution in [-0.2, 0) is 0 Å². The molecular formula is C12H18ClN3O2S. The third-order valence-corrected chi connectivity index (χ3v) is 3.51. The highest BCUT2D eigenvalue weighted by Crippen LogP contribution is 2.23. The van der Waals surface area contributed by atoms with Gasteiger partial charge in [-0.15, -0.1) is 0 Å². The standard InChI is InChI=1S/C12H18ClN3O2S/c1-19-9-5-3-2-4-8-14-12-10(16(17)18)6-7-11(13)15-12/h6-7H,2-5,8-9H2,1H3,(H,14,15). The SMILES string of the molecule is CSCCCCCCNc1nc(Cl)ccc1[N+](=O)[O-]. The summed E-state index contributed by atoms with van der Waals surface area (Å²) < 4.78 is 0. The summed E-state index contributed by atoms with van der Waals surface area (Å²) in [6.45, 7) is 0.674. The second-order valence-electron chi connectivity index (χ2n) is 4.09. The van der Waals surface area contributed by atoms with Crippen LogP contribution in [0.3, 0.4) is 0 Å². The monoisotopic (exact) mass is 303 g/mol. The third kappa shape index (κ3) is 6.11. The van der Waals surface area contributed by atoms with Gasteiger partial charge in [-0.1, -0.05) is 24.4 Å². The fraction of sp³-hybridized carbons (Fsp3) is 0.583. The molecule has 7 heteroatoms. The van der Waals surface area contributed by atoms with E-state index in [0.717, 1.165) is 12.8 Å². The van der Waals surface area contributed by atoms with Crippen LogP contribution in [0.4, 0.5) is 11.5 Å². The van der Waals surface area contributed by atoms with Crippen molar-refractivity contribution < 1.29 is 4.92 Å². The molecule has 0 aliphatic heterocycles. The second-order valence-corrected chi connectivity index (χ2v) is 5.47. The molecule has 0 saturated heterocycles. The fourth-order valence-corrected chi connectivity index (χ4v) is 2.28. The van der Waals surface area contributed by atoms with Crippen LogP contribution in [0.2, 0.25) is 5.15 Å². The predicted octanol–water partition coefficient (Wildman–Crippen LogP) is 3.98. The van der Waals surface area contributed by atoms with E-state index in [2.05, 4.69) is 16.6 Å². The van der Waals surface area contributed by atoms with Crippen LogP contribution in [-0.4, -0.2) is 28.5 Å². The predicted molar refractivity (Wildman–Crippen MR) is 81.2 cm³/mol. The Balaban J connectivity index is 2.36. The number of halogens is 1. The van der Waals surface area contributed by atoms with Crippen molar-refractivity contribution in [2.75, 3.05) is 23.9 Å².